The third-order valence-electron chi connectivity index (χ3n) is 6.79. The number of pyridine rings is 2. The molecule has 10 nitrogen and oxygen atoms in total. The van der Waals surface area contributed by atoms with Crippen LogP contribution in [0.1, 0.15) is 47.0 Å². The van der Waals surface area contributed by atoms with Crippen LogP contribution in [-0.4, -0.2) is 52.9 Å². The monoisotopic (exact) mass is 565 g/mol. The molecule has 42 heavy (non-hydrogen) atoms. The van der Waals surface area contributed by atoms with Gasteiger partial charge in [0.1, 0.15) is 17.4 Å². The summed E-state index contributed by atoms with van der Waals surface area (Å²) in [5.74, 6) is 2.70. The van der Waals surface area contributed by atoms with E-state index in [2.05, 4.69) is 70.0 Å². The maximum absolute atomic E-state index is 6.25. The standard InChI is InChI=1S/C32H39N9O/c33-9-3-6-16-42-30-18-26(20-40(24-31-36-12-13-37-31)22-28-7-1-4-10-34-28)17-27(19-30)21-41(25-32-38-14-15-39-32)23-29-8-2-5-11-35-29/h1-2,4-5,7-8,10-15,17-19H,3,6,9,16,20-25,33H2,(H,36,37)(H,38,39). The predicted octanol–water partition coefficient (Wildman–Crippen LogP) is 4.45. The Hall–Kier alpha value is -4.38. The smallest absolute Gasteiger partial charge is 0.120 e. The Labute approximate surface area is 247 Å². The minimum atomic E-state index is 0.633. The summed E-state index contributed by atoms with van der Waals surface area (Å²) in [7, 11) is 0. The molecule has 0 atom stereocenters. The first-order chi connectivity index (χ1) is 20.7. The zero-order valence-electron chi connectivity index (χ0n) is 23.9. The van der Waals surface area contributed by atoms with Crippen molar-refractivity contribution >= 4 is 0 Å². The number of ether oxygens (including phenoxy) is 1. The summed E-state index contributed by atoms with van der Waals surface area (Å²) in [6.45, 7) is 5.46. The van der Waals surface area contributed by atoms with Crippen LogP contribution in [0, 0.1) is 0 Å². The molecule has 4 aromatic heterocycles. The van der Waals surface area contributed by atoms with E-state index in [1.54, 1.807) is 12.4 Å². The maximum atomic E-state index is 6.25. The van der Waals surface area contributed by atoms with E-state index in [-0.39, 0.29) is 0 Å². The second-order valence-corrected chi connectivity index (χ2v) is 10.3. The average molecular weight is 566 g/mol. The molecule has 0 amide bonds. The maximum Gasteiger partial charge on any atom is 0.120 e. The number of aromatic amines is 2. The van der Waals surface area contributed by atoms with Gasteiger partial charge >= 0.3 is 0 Å². The van der Waals surface area contributed by atoms with Crippen LogP contribution in [0.4, 0.5) is 0 Å². The van der Waals surface area contributed by atoms with Crippen molar-refractivity contribution in [1.29, 1.82) is 0 Å². The van der Waals surface area contributed by atoms with Crippen molar-refractivity contribution in [3.63, 3.8) is 0 Å². The van der Waals surface area contributed by atoms with Crippen LogP contribution in [-0.2, 0) is 39.3 Å². The Morgan fingerprint density at radius 3 is 1.64 bits per heavy atom. The van der Waals surface area contributed by atoms with Gasteiger partial charge in [0.05, 0.1) is 31.1 Å². The summed E-state index contributed by atoms with van der Waals surface area (Å²) in [6, 6.07) is 18.6. The first-order valence-electron chi connectivity index (χ1n) is 14.4. The minimum absolute atomic E-state index is 0.633. The Balaban J connectivity index is 1.39. The first-order valence-corrected chi connectivity index (χ1v) is 14.4. The molecule has 0 saturated carbocycles. The molecule has 0 aliphatic rings. The minimum Gasteiger partial charge on any atom is -0.494 e. The van der Waals surface area contributed by atoms with Crippen LogP contribution in [0.5, 0.6) is 5.75 Å². The fourth-order valence-corrected chi connectivity index (χ4v) is 4.92. The summed E-state index contributed by atoms with van der Waals surface area (Å²) in [4.78, 5) is 29.2. The number of hydrogen-bond acceptors (Lipinski definition) is 8. The van der Waals surface area contributed by atoms with Crippen LogP contribution in [0.25, 0.3) is 0 Å². The van der Waals surface area contributed by atoms with Gasteiger partial charge in [0, 0.05) is 63.4 Å². The van der Waals surface area contributed by atoms with Gasteiger partial charge in [0.25, 0.3) is 0 Å². The highest BCUT2D eigenvalue weighted by Crippen LogP contribution is 2.23. The number of benzene rings is 1. The topological polar surface area (TPSA) is 125 Å². The van der Waals surface area contributed by atoms with Crippen molar-refractivity contribution in [2.75, 3.05) is 13.2 Å². The van der Waals surface area contributed by atoms with Crippen molar-refractivity contribution in [1.82, 2.24) is 39.7 Å². The van der Waals surface area contributed by atoms with Crippen LogP contribution in [0.3, 0.4) is 0 Å². The first kappa shape index (κ1) is 29.1. The van der Waals surface area contributed by atoms with Gasteiger partial charge in [-0.15, -0.1) is 0 Å². The van der Waals surface area contributed by atoms with Gasteiger partial charge in [0.2, 0.25) is 0 Å². The second kappa shape index (κ2) is 15.6. The fourth-order valence-electron chi connectivity index (χ4n) is 4.92. The molecular formula is C32H39N9O. The molecular weight excluding hydrogens is 526 g/mol. The van der Waals surface area contributed by atoms with E-state index in [0.29, 0.717) is 52.4 Å². The van der Waals surface area contributed by atoms with Crippen molar-refractivity contribution in [2.45, 2.75) is 52.1 Å². The Morgan fingerprint density at radius 2 is 1.19 bits per heavy atom. The quantitative estimate of drug-likeness (QED) is 0.141. The molecule has 5 aromatic rings. The number of imidazole rings is 2. The van der Waals surface area contributed by atoms with E-state index in [9.17, 15) is 0 Å². The highest BCUT2D eigenvalue weighted by atomic mass is 16.5. The number of unbranched alkanes of at least 4 members (excludes halogenated alkanes) is 1. The predicted molar refractivity (Wildman–Crippen MR) is 162 cm³/mol. The van der Waals surface area contributed by atoms with Gasteiger partial charge < -0.3 is 20.4 Å². The van der Waals surface area contributed by atoms with E-state index in [0.717, 1.165) is 41.6 Å². The van der Waals surface area contributed by atoms with Gasteiger partial charge in [-0.05, 0) is 66.9 Å². The summed E-state index contributed by atoms with van der Waals surface area (Å²) in [6.07, 6.45) is 12.8. The summed E-state index contributed by atoms with van der Waals surface area (Å²) in [5, 5.41) is 0. The molecule has 0 aliphatic carbocycles. The molecule has 0 saturated heterocycles. The van der Waals surface area contributed by atoms with Crippen molar-refractivity contribution < 1.29 is 4.74 Å². The molecule has 1 aromatic carbocycles. The van der Waals surface area contributed by atoms with Gasteiger partial charge in [-0.25, -0.2) is 9.97 Å². The van der Waals surface area contributed by atoms with Crippen LogP contribution in [0.2, 0.25) is 0 Å². The largest absolute Gasteiger partial charge is 0.494 e. The zero-order valence-corrected chi connectivity index (χ0v) is 23.9. The molecule has 0 aliphatic heterocycles. The number of hydrogen-bond donors (Lipinski definition) is 3. The van der Waals surface area contributed by atoms with Gasteiger partial charge in [0.15, 0.2) is 0 Å². The fraction of sp³-hybridized carbons (Fsp3) is 0.312. The summed E-state index contributed by atoms with van der Waals surface area (Å²) in [5.41, 5.74) is 10.1. The van der Waals surface area contributed by atoms with Gasteiger partial charge in [-0.3, -0.25) is 19.8 Å². The van der Waals surface area contributed by atoms with Crippen molar-refractivity contribution in [2.24, 2.45) is 5.73 Å². The summed E-state index contributed by atoms with van der Waals surface area (Å²) < 4.78 is 6.25. The molecule has 218 valence electrons. The molecule has 0 fully saturated rings. The Bertz CT molecular complexity index is 1330. The molecule has 0 spiro atoms. The number of H-pyrrole nitrogens is 2. The third kappa shape index (κ3) is 9.34. The molecule has 4 N–H and O–H groups in total. The molecule has 0 radical (unpaired) electrons. The van der Waals surface area contributed by atoms with Crippen molar-refractivity contribution in [3.05, 3.63) is 126 Å². The molecule has 0 unspecified atom stereocenters. The number of aromatic nitrogens is 6. The Morgan fingerprint density at radius 1 is 0.619 bits per heavy atom. The van der Waals surface area contributed by atoms with Gasteiger partial charge in [-0.1, -0.05) is 18.2 Å². The lowest BCUT2D eigenvalue weighted by molar-refractivity contribution is 0.233. The SMILES string of the molecule is NCCCCOc1cc(CN(Cc2ccccn2)Cc2ncc[nH]2)cc(CN(Cc2ccccn2)Cc2ncc[nH]2)c1. The Kier molecular flexibility index (Phi) is 10.8. The number of nitrogens with two attached hydrogens (primary N) is 1. The average Bonchev–Trinajstić information content (AvgIpc) is 3.71. The van der Waals surface area contributed by atoms with Crippen LogP contribution < -0.4 is 10.5 Å². The highest BCUT2D eigenvalue weighted by Gasteiger charge is 2.15. The molecule has 5 rings (SSSR count). The normalized spacial score (nSPS) is 11.4. The van der Waals surface area contributed by atoms with Gasteiger partial charge in [-0.2, -0.15) is 0 Å². The molecule has 0 bridgehead atoms. The zero-order chi connectivity index (χ0) is 28.8. The number of nitrogens with zero attached hydrogens (tertiary/aromatic N) is 6. The number of nitrogens with one attached hydrogen (secondary N) is 2. The number of rotatable bonds is 17. The van der Waals surface area contributed by atoms with Crippen LogP contribution >= 0.6 is 0 Å². The van der Waals surface area contributed by atoms with E-state index in [1.807, 2.05) is 49.1 Å². The second-order valence-electron chi connectivity index (χ2n) is 10.3. The summed E-state index contributed by atoms with van der Waals surface area (Å²) >= 11 is 0. The third-order valence-corrected chi connectivity index (χ3v) is 6.79. The van der Waals surface area contributed by atoms with Crippen LogP contribution in [0.15, 0.2) is 91.8 Å². The van der Waals surface area contributed by atoms with E-state index >= 15 is 0 Å². The van der Waals surface area contributed by atoms with E-state index < -0.39 is 0 Å². The molecule has 4 heterocycles. The highest BCUT2D eigenvalue weighted by molar-refractivity contribution is 5.35. The lowest BCUT2D eigenvalue weighted by Crippen LogP contribution is -2.25. The lowest BCUT2D eigenvalue weighted by atomic mass is 10.1. The van der Waals surface area contributed by atoms with Crippen molar-refractivity contribution in [3.8, 4) is 5.75 Å². The lowest BCUT2D eigenvalue weighted by Gasteiger charge is -2.24. The van der Waals surface area contributed by atoms with E-state index in [1.165, 1.54) is 11.1 Å². The molecule has 10 heteroatoms. The van der Waals surface area contributed by atoms with E-state index in [4.69, 9.17) is 10.5 Å².